The fourth-order valence-corrected chi connectivity index (χ4v) is 2.82. The summed E-state index contributed by atoms with van der Waals surface area (Å²) in [6, 6.07) is 3.44. The Morgan fingerprint density at radius 2 is 2.33 bits per heavy atom. The van der Waals surface area contributed by atoms with Crippen molar-refractivity contribution in [2.24, 2.45) is 5.92 Å². The maximum atomic E-state index is 9.66. The number of pyridine rings is 1. The molecule has 0 aliphatic heterocycles. The molecule has 0 bridgehead atoms. The molecule has 1 fully saturated rings. The summed E-state index contributed by atoms with van der Waals surface area (Å²) in [5.74, 6) is 0.841. The van der Waals surface area contributed by atoms with Crippen molar-refractivity contribution in [2.75, 3.05) is 6.61 Å². The standard InChI is InChI=1S/C14H22N2O2/c1-11-3-2-6-14(7-11,10-17)16-8-12-4-5-13(18)9-15-12/h4-5,9,11,16-18H,2-3,6-8,10H2,1H3. The van der Waals surface area contributed by atoms with Gasteiger partial charge in [-0.15, -0.1) is 0 Å². The average Bonchev–Trinajstić information content (AvgIpc) is 2.38. The van der Waals surface area contributed by atoms with Crippen LogP contribution in [0, 0.1) is 5.92 Å². The largest absolute Gasteiger partial charge is 0.506 e. The predicted octanol–water partition coefficient (Wildman–Crippen LogP) is 1.82. The van der Waals surface area contributed by atoms with E-state index >= 15 is 0 Å². The number of nitrogens with one attached hydrogen (secondary N) is 1. The highest BCUT2D eigenvalue weighted by Gasteiger charge is 2.33. The highest BCUT2D eigenvalue weighted by atomic mass is 16.3. The first-order chi connectivity index (χ1) is 8.63. The van der Waals surface area contributed by atoms with Gasteiger partial charge < -0.3 is 15.5 Å². The Labute approximate surface area is 108 Å². The molecule has 4 heteroatoms. The van der Waals surface area contributed by atoms with Crippen LogP contribution in [0.2, 0.25) is 0 Å². The van der Waals surface area contributed by atoms with Crippen LogP contribution in [0.1, 0.15) is 38.3 Å². The summed E-state index contributed by atoms with van der Waals surface area (Å²) in [6.45, 7) is 3.05. The van der Waals surface area contributed by atoms with Crippen molar-refractivity contribution in [1.82, 2.24) is 10.3 Å². The first-order valence-electron chi connectivity index (χ1n) is 6.63. The second-order valence-corrected chi connectivity index (χ2v) is 5.50. The van der Waals surface area contributed by atoms with Crippen LogP contribution in [0.15, 0.2) is 18.3 Å². The molecule has 1 saturated carbocycles. The number of hydrogen-bond donors (Lipinski definition) is 3. The minimum absolute atomic E-state index is 0.156. The van der Waals surface area contributed by atoms with Gasteiger partial charge in [0.25, 0.3) is 0 Å². The molecule has 0 saturated heterocycles. The number of rotatable bonds is 4. The number of aliphatic hydroxyl groups excluding tert-OH is 1. The van der Waals surface area contributed by atoms with E-state index in [1.54, 1.807) is 12.1 Å². The third-order valence-corrected chi connectivity index (χ3v) is 3.85. The molecular weight excluding hydrogens is 228 g/mol. The van der Waals surface area contributed by atoms with Crippen LogP contribution in [0.5, 0.6) is 5.75 Å². The predicted molar refractivity (Wildman–Crippen MR) is 70.2 cm³/mol. The Bertz CT molecular complexity index is 380. The van der Waals surface area contributed by atoms with E-state index in [4.69, 9.17) is 0 Å². The molecule has 1 aromatic heterocycles. The van der Waals surface area contributed by atoms with Gasteiger partial charge in [0.1, 0.15) is 5.75 Å². The van der Waals surface area contributed by atoms with E-state index in [1.165, 1.54) is 12.6 Å². The molecule has 18 heavy (non-hydrogen) atoms. The van der Waals surface area contributed by atoms with E-state index < -0.39 is 0 Å². The van der Waals surface area contributed by atoms with Gasteiger partial charge in [-0.2, -0.15) is 0 Å². The van der Waals surface area contributed by atoms with Crippen LogP contribution in [-0.4, -0.2) is 27.3 Å². The number of hydrogen-bond acceptors (Lipinski definition) is 4. The molecule has 1 aliphatic carbocycles. The molecule has 0 radical (unpaired) electrons. The molecule has 0 aromatic carbocycles. The van der Waals surface area contributed by atoms with Gasteiger partial charge in [-0.05, 0) is 30.9 Å². The average molecular weight is 250 g/mol. The SMILES string of the molecule is CC1CCCC(CO)(NCc2ccc(O)cn2)C1. The second-order valence-electron chi connectivity index (χ2n) is 5.50. The number of nitrogens with zero attached hydrogens (tertiary/aromatic N) is 1. The van der Waals surface area contributed by atoms with Gasteiger partial charge in [0.2, 0.25) is 0 Å². The molecule has 1 aromatic rings. The molecule has 0 amide bonds. The van der Waals surface area contributed by atoms with Crippen LogP contribution in [0.25, 0.3) is 0 Å². The summed E-state index contributed by atoms with van der Waals surface area (Å²) >= 11 is 0. The van der Waals surface area contributed by atoms with Crippen molar-refractivity contribution in [1.29, 1.82) is 0 Å². The van der Waals surface area contributed by atoms with Gasteiger partial charge in [0.15, 0.2) is 0 Å². The molecule has 2 unspecified atom stereocenters. The molecule has 1 aliphatic rings. The molecule has 2 rings (SSSR count). The second kappa shape index (κ2) is 5.67. The minimum Gasteiger partial charge on any atom is -0.506 e. The topological polar surface area (TPSA) is 65.4 Å². The maximum Gasteiger partial charge on any atom is 0.133 e. The summed E-state index contributed by atoms with van der Waals surface area (Å²) in [7, 11) is 0. The Hall–Kier alpha value is -1.13. The molecule has 100 valence electrons. The van der Waals surface area contributed by atoms with E-state index in [0.717, 1.165) is 25.0 Å². The highest BCUT2D eigenvalue weighted by molar-refractivity contribution is 5.18. The van der Waals surface area contributed by atoms with Crippen LogP contribution >= 0.6 is 0 Å². The van der Waals surface area contributed by atoms with Crippen molar-refractivity contribution in [3.8, 4) is 5.75 Å². The van der Waals surface area contributed by atoms with E-state index in [0.29, 0.717) is 12.5 Å². The lowest BCUT2D eigenvalue weighted by Crippen LogP contribution is -2.51. The zero-order chi connectivity index (χ0) is 13.0. The Morgan fingerprint density at radius 1 is 1.50 bits per heavy atom. The Morgan fingerprint density at radius 3 is 2.94 bits per heavy atom. The van der Waals surface area contributed by atoms with Crippen LogP contribution in [0.4, 0.5) is 0 Å². The molecule has 3 N–H and O–H groups in total. The van der Waals surface area contributed by atoms with E-state index in [2.05, 4.69) is 17.2 Å². The van der Waals surface area contributed by atoms with Gasteiger partial charge in [-0.1, -0.05) is 19.8 Å². The van der Waals surface area contributed by atoms with Crippen LogP contribution in [-0.2, 0) is 6.54 Å². The fraction of sp³-hybridized carbons (Fsp3) is 0.643. The Kier molecular flexibility index (Phi) is 4.19. The first kappa shape index (κ1) is 13.3. The van der Waals surface area contributed by atoms with Crippen molar-refractivity contribution < 1.29 is 10.2 Å². The summed E-state index contributed by atoms with van der Waals surface area (Å²) in [6.07, 6.45) is 5.90. The van der Waals surface area contributed by atoms with Crippen molar-refractivity contribution in [3.63, 3.8) is 0 Å². The lowest BCUT2D eigenvalue weighted by atomic mass is 9.77. The number of aromatic hydroxyl groups is 1. The van der Waals surface area contributed by atoms with Crippen molar-refractivity contribution in [3.05, 3.63) is 24.0 Å². The van der Waals surface area contributed by atoms with Crippen LogP contribution in [0.3, 0.4) is 0 Å². The molecule has 1 heterocycles. The van der Waals surface area contributed by atoms with E-state index in [9.17, 15) is 10.2 Å². The lowest BCUT2D eigenvalue weighted by molar-refractivity contribution is 0.0979. The smallest absolute Gasteiger partial charge is 0.133 e. The number of aliphatic hydroxyl groups is 1. The lowest BCUT2D eigenvalue weighted by Gasteiger charge is -2.39. The van der Waals surface area contributed by atoms with Crippen LogP contribution < -0.4 is 5.32 Å². The van der Waals surface area contributed by atoms with E-state index in [1.807, 2.05) is 0 Å². The monoisotopic (exact) mass is 250 g/mol. The normalized spacial score (nSPS) is 28.2. The van der Waals surface area contributed by atoms with Gasteiger partial charge >= 0.3 is 0 Å². The number of aromatic nitrogens is 1. The van der Waals surface area contributed by atoms with Gasteiger partial charge in [0.05, 0.1) is 18.5 Å². The summed E-state index contributed by atoms with van der Waals surface area (Å²) in [5.41, 5.74) is 0.732. The Balaban J connectivity index is 1.96. The van der Waals surface area contributed by atoms with Gasteiger partial charge in [-0.25, -0.2) is 0 Å². The van der Waals surface area contributed by atoms with E-state index in [-0.39, 0.29) is 17.9 Å². The zero-order valence-corrected chi connectivity index (χ0v) is 10.9. The fourth-order valence-electron chi connectivity index (χ4n) is 2.82. The summed E-state index contributed by atoms with van der Waals surface area (Å²) in [4.78, 5) is 4.15. The summed E-state index contributed by atoms with van der Waals surface area (Å²) < 4.78 is 0. The molecule has 4 nitrogen and oxygen atoms in total. The molecular formula is C14H22N2O2. The summed E-state index contributed by atoms with van der Waals surface area (Å²) in [5, 5.41) is 22.3. The molecule has 0 spiro atoms. The third kappa shape index (κ3) is 3.21. The molecule has 2 atom stereocenters. The van der Waals surface area contributed by atoms with Gasteiger partial charge in [0, 0.05) is 12.1 Å². The highest BCUT2D eigenvalue weighted by Crippen LogP contribution is 2.32. The minimum atomic E-state index is -0.156. The first-order valence-corrected chi connectivity index (χ1v) is 6.63. The third-order valence-electron chi connectivity index (χ3n) is 3.85. The zero-order valence-electron chi connectivity index (χ0n) is 10.9. The quantitative estimate of drug-likeness (QED) is 0.762. The maximum absolute atomic E-state index is 9.66. The van der Waals surface area contributed by atoms with Crippen molar-refractivity contribution in [2.45, 2.75) is 44.7 Å². The van der Waals surface area contributed by atoms with Crippen molar-refractivity contribution >= 4 is 0 Å². The van der Waals surface area contributed by atoms with Gasteiger partial charge in [-0.3, -0.25) is 4.98 Å².